The second-order valence-corrected chi connectivity index (χ2v) is 6.60. The van der Waals surface area contributed by atoms with Gasteiger partial charge >= 0.3 is 0 Å². The standard InChI is InChI=1S/C22H26N4/c1-4-17(2)23-21-15-20(19-13-9-6-10-14-19)24-22(25-21)26(3)16-18-11-7-5-8-12-18/h5-15,17H,4,16H2,1-3H3,(H,23,24,25). The van der Waals surface area contributed by atoms with Crippen LogP contribution in [0.5, 0.6) is 0 Å². The third kappa shape index (κ3) is 4.60. The zero-order valence-electron chi connectivity index (χ0n) is 15.7. The number of hydrogen-bond donors (Lipinski definition) is 1. The summed E-state index contributed by atoms with van der Waals surface area (Å²) in [6, 6.07) is 23.0. The van der Waals surface area contributed by atoms with Gasteiger partial charge in [0.1, 0.15) is 5.82 Å². The number of hydrogen-bond acceptors (Lipinski definition) is 4. The summed E-state index contributed by atoms with van der Waals surface area (Å²) < 4.78 is 0. The summed E-state index contributed by atoms with van der Waals surface area (Å²) in [5.41, 5.74) is 3.26. The van der Waals surface area contributed by atoms with Crippen molar-refractivity contribution in [3.63, 3.8) is 0 Å². The lowest BCUT2D eigenvalue weighted by atomic mass is 10.1. The van der Waals surface area contributed by atoms with E-state index in [-0.39, 0.29) is 0 Å². The summed E-state index contributed by atoms with van der Waals surface area (Å²) in [6.07, 6.45) is 1.04. The number of nitrogens with one attached hydrogen (secondary N) is 1. The minimum atomic E-state index is 0.362. The van der Waals surface area contributed by atoms with Gasteiger partial charge in [-0.25, -0.2) is 4.98 Å². The van der Waals surface area contributed by atoms with E-state index in [2.05, 4.69) is 60.5 Å². The fourth-order valence-electron chi connectivity index (χ4n) is 2.72. The Morgan fingerprint density at radius 2 is 1.62 bits per heavy atom. The van der Waals surface area contributed by atoms with Crippen LogP contribution in [0, 0.1) is 0 Å². The van der Waals surface area contributed by atoms with Crippen LogP contribution >= 0.6 is 0 Å². The van der Waals surface area contributed by atoms with E-state index in [0.717, 1.165) is 36.0 Å². The molecule has 3 aromatic rings. The lowest BCUT2D eigenvalue weighted by molar-refractivity contribution is 0.756. The van der Waals surface area contributed by atoms with Gasteiger partial charge in [-0.15, -0.1) is 0 Å². The summed E-state index contributed by atoms with van der Waals surface area (Å²) in [6.45, 7) is 5.10. The highest BCUT2D eigenvalue weighted by molar-refractivity contribution is 5.64. The van der Waals surface area contributed by atoms with Crippen LogP contribution in [0.3, 0.4) is 0 Å². The van der Waals surface area contributed by atoms with Gasteiger partial charge in [0.25, 0.3) is 0 Å². The molecule has 0 aliphatic carbocycles. The molecule has 0 aliphatic heterocycles. The van der Waals surface area contributed by atoms with Crippen LogP contribution in [0.2, 0.25) is 0 Å². The fourth-order valence-corrected chi connectivity index (χ4v) is 2.72. The van der Waals surface area contributed by atoms with Crippen molar-refractivity contribution < 1.29 is 0 Å². The quantitative estimate of drug-likeness (QED) is 0.654. The van der Waals surface area contributed by atoms with Gasteiger partial charge in [-0.3, -0.25) is 0 Å². The molecule has 1 heterocycles. The molecule has 2 aromatic carbocycles. The van der Waals surface area contributed by atoms with Crippen LogP contribution in [0.1, 0.15) is 25.8 Å². The molecule has 0 bridgehead atoms. The molecule has 4 heteroatoms. The van der Waals surface area contributed by atoms with Gasteiger partial charge in [0.15, 0.2) is 0 Å². The van der Waals surface area contributed by atoms with Gasteiger partial charge < -0.3 is 10.2 Å². The Morgan fingerprint density at radius 3 is 2.27 bits per heavy atom. The first kappa shape index (κ1) is 17.9. The van der Waals surface area contributed by atoms with Crippen molar-refractivity contribution in [1.29, 1.82) is 0 Å². The first-order chi connectivity index (χ1) is 12.7. The van der Waals surface area contributed by atoms with Crippen LogP contribution in [-0.2, 0) is 6.54 Å². The molecule has 26 heavy (non-hydrogen) atoms. The molecular formula is C22H26N4. The second kappa shape index (κ2) is 8.48. The van der Waals surface area contributed by atoms with Crippen LogP contribution in [0.4, 0.5) is 11.8 Å². The summed E-state index contributed by atoms with van der Waals surface area (Å²) in [5.74, 6) is 1.59. The maximum atomic E-state index is 4.81. The molecule has 4 nitrogen and oxygen atoms in total. The van der Waals surface area contributed by atoms with E-state index in [4.69, 9.17) is 9.97 Å². The zero-order valence-corrected chi connectivity index (χ0v) is 15.7. The smallest absolute Gasteiger partial charge is 0.227 e. The second-order valence-electron chi connectivity index (χ2n) is 6.60. The van der Waals surface area contributed by atoms with Crippen molar-refractivity contribution in [2.45, 2.75) is 32.9 Å². The summed E-state index contributed by atoms with van der Waals surface area (Å²) >= 11 is 0. The average molecular weight is 346 g/mol. The highest BCUT2D eigenvalue weighted by Crippen LogP contribution is 2.23. The third-order valence-corrected chi connectivity index (χ3v) is 4.39. The molecule has 3 rings (SSSR count). The summed E-state index contributed by atoms with van der Waals surface area (Å²) in [5, 5.41) is 3.48. The normalized spacial score (nSPS) is 11.8. The first-order valence-corrected chi connectivity index (χ1v) is 9.12. The summed E-state index contributed by atoms with van der Waals surface area (Å²) in [4.78, 5) is 11.6. The predicted octanol–water partition coefficient (Wildman–Crippen LogP) is 4.99. The van der Waals surface area contributed by atoms with Crippen molar-refractivity contribution in [2.75, 3.05) is 17.3 Å². The molecule has 0 spiro atoms. The maximum Gasteiger partial charge on any atom is 0.227 e. The minimum Gasteiger partial charge on any atom is -0.367 e. The highest BCUT2D eigenvalue weighted by Gasteiger charge is 2.12. The molecule has 0 saturated carbocycles. The summed E-state index contributed by atoms with van der Waals surface area (Å²) in [7, 11) is 2.03. The molecule has 0 aliphatic rings. The van der Waals surface area contributed by atoms with E-state index < -0.39 is 0 Å². The number of anilines is 2. The van der Waals surface area contributed by atoms with Crippen LogP contribution in [0.25, 0.3) is 11.3 Å². The average Bonchev–Trinajstić information content (AvgIpc) is 2.69. The zero-order chi connectivity index (χ0) is 18.4. The molecule has 0 fully saturated rings. The fraction of sp³-hybridized carbons (Fsp3) is 0.273. The molecule has 0 radical (unpaired) electrons. The lowest BCUT2D eigenvalue weighted by Crippen LogP contribution is -2.21. The Morgan fingerprint density at radius 1 is 0.962 bits per heavy atom. The van der Waals surface area contributed by atoms with E-state index >= 15 is 0 Å². The number of benzene rings is 2. The lowest BCUT2D eigenvalue weighted by Gasteiger charge is -2.20. The monoisotopic (exact) mass is 346 g/mol. The van der Waals surface area contributed by atoms with Crippen molar-refractivity contribution in [3.05, 3.63) is 72.3 Å². The Balaban J connectivity index is 1.93. The van der Waals surface area contributed by atoms with Gasteiger partial charge in [-0.2, -0.15) is 4.98 Å². The third-order valence-electron chi connectivity index (χ3n) is 4.39. The SMILES string of the molecule is CCC(C)Nc1cc(-c2ccccc2)nc(N(C)Cc2ccccc2)n1. The molecule has 1 unspecified atom stereocenters. The van der Waals surface area contributed by atoms with E-state index in [0.29, 0.717) is 6.04 Å². The highest BCUT2D eigenvalue weighted by atomic mass is 15.2. The first-order valence-electron chi connectivity index (χ1n) is 9.12. The van der Waals surface area contributed by atoms with E-state index in [9.17, 15) is 0 Å². The number of aromatic nitrogens is 2. The molecule has 1 atom stereocenters. The Bertz CT molecular complexity index is 818. The topological polar surface area (TPSA) is 41.1 Å². The van der Waals surface area contributed by atoms with Gasteiger partial charge in [0, 0.05) is 31.3 Å². The van der Waals surface area contributed by atoms with Gasteiger partial charge in [0.2, 0.25) is 5.95 Å². The van der Waals surface area contributed by atoms with Gasteiger partial charge in [0.05, 0.1) is 5.69 Å². The molecule has 1 N–H and O–H groups in total. The Hall–Kier alpha value is -2.88. The van der Waals surface area contributed by atoms with E-state index in [1.54, 1.807) is 0 Å². The number of rotatable bonds is 7. The van der Waals surface area contributed by atoms with Crippen molar-refractivity contribution >= 4 is 11.8 Å². The maximum absolute atomic E-state index is 4.81. The van der Waals surface area contributed by atoms with E-state index in [1.807, 2.05) is 37.4 Å². The molecular weight excluding hydrogens is 320 g/mol. The van der Waals surface area contributed by atoms with Gasteiger partial charge in [-0.1, -0.05) is 67.6 Å². The Kier molecular flexibility index (Phi) is 5.84. The molecule has 1 aromatic heterocycles. The van der Waals surface area contributed by atoms with Crippen molar-refractivity contribution in [2.24, 2.45) is 0 Å². The minimum absolute atomic E-state index is 0.362. The van der Waals surface area contributed by atoms with Crippen molar-refractivity contribution in [3.8, 4) is 11.3 Å². The van der Waals surface area contributed by atoms with E-state index in [1.165, 1.54) is 5.56 Å². The van der Waals surface area contributed by atoms with Crippen LogP contribution in [0.15, 0.2) is 66.7 Å². The molecule has 134 valence electrons. The molecule has 0 saturated heterocycles. The van der Waals surface area contributed by atoms with Crippen LogP contribution < -0.4 is 10.2 Å². The number of nitrogens with zero attached hydrogens (tertiary/aromatic N) is 3. The Labute approximate surface area is 155 Å². The largest absolute Gasteiger partial charge is 0.367 e. The van der Waals surface area contributed by atoms with Crippen LogP contribution in [-0.4, -0.2) is 23.1 Å². The molecule has 0 amide bonds. The predicted molar refractivity (Wildman–Crippen MR) is 109 cm³/mol. The van der Waals surface area contributed by atoms with Gasteiger partial charge in [-0.05, 0) is 18.9 Å². The van der Waals surface area contributed by atoms with Crippen molar-refractivity contribution in [1.82, 2.24) is 9.97 Å².